The standard InChI is InChI=1S/C17H15FO3/c18-14-9-6-12(7-10-14)8-11-15(16(19)17(20)21)13-4-2-1-3-5-13/h1-7,9-10,19H,8,11H2,(H,20,21)/b16-15-. The van der Waals surface area contributed by atoms with Crippen LogP contribution in [-0.2, 0) is 11.2 Å². The molecule has 2 rings (SSSR count). The van der Waals surface area contributed by atoms with Crippen LogP contribution in [0.25, 0.3) is 5.57 Å². The molecular formula is C17H15FO3. The van der Waals surface area contributed by atoms with Crippen molar-refractivity contribution in [3.8, 4) is 0 Å². The first-order valence-corrected chi connectivity index (χ1v) is 6.53. The zero-order chi connectivity index (χ0) is 15.2. The molecule has 0 unspecified atom stereocenters. The van der Waals surface area contributed by atoms with Crippen LogP contribution < -0.4 is 0 Å². The number of aliphatic hydroxyl groups excluding tert-OH is 1. The summed E-state index contributed by atoms with van der Waals surface area (Å²) in [5.41, 5.74) is 1.91. The first kappa shape index (κ1) is 14.8. The lowest BCUT2D eigenvalue weighted by atomic mass is 9.97. The molecule has 0 aliphatic carbocycles. The molecule has 2 N–H and O–H groups in total. The average molecular weight is 286 g/mol. The highest BCUT2D eigenvalue weighted by Gasteiger charge is 2.14. The predicted octanol–water partition coefficient (Wildman–Crippen LogP) is 3.81. The van der Waals surface area contributed by atoms with E-state index in [9.17, 15) is 14.3 Å². The summed E-state index contributed by atoms with van der Waals surface area (Å²) in [5.74, 6) is -2.32. The van der Waals surface area contributed by atoms with Crippen LogP contribution in [0.5, 0.6) is 0 Å². The zero-order valence-electron chi connectivity index (χ0n) is 11.3. The molecule has 0 fully saturated rings. The third-order valence-electron chi connectivity index (χ3n) is 3.19. The Labute approximate surface area is 122 Å². The molecule has 0 aliphatic rings. The predicted molar refractivity (Wildman–Crippen MR) is 78.3 cm³/mol. The van der Waals surface area contributed by atoms with E-state index < -0.39 is 11.7 Å². The fourth-order valence-corrected chi connectivity index (χ4v) is 2.09. The number of carbonyl (C=O) groups is 1. The van der Waals surface area contributed by atoms with Crippen LogP contribution in [-0.4, -0.2) is 16.2 Å². The number of hydrogen-bond acceptors (Lipinski definition) is 2. The van der Waals surface area contributed by atoms with Crippen molar-refractivity contribution in [3.05, 3.63) is 77.3 Å². The minimum atomic E-state index is -1.35. The molecule has 0 saturated carbocycles. The van der Waals surface area contributed by atoms with Gasteiger partial charge >= 0.3 is 5.97 Å². The van der Waals surface area contributed by atoms with E-state index in [1.807, 2.05) is 6.07 Å². The van der Waals surface area contributed by atoms with Crippen LogP contribution >= 0.6 is 0 Å². The van der Waals surface area contributed by atoms with Gasteiger partial charge in [-0.2, -0.15) is 0 Å². The first-order valence-electron chi connectivity index (χ1n) is 6.53. The number of halogens is 1. The van der Waals surface area contributed by atoms with E-state index in [-0.39, 0.29) is 5.82 Å². The van der Waals surface area contributed by atoms with Gasteiger partial charge in [0.15, 0.2) is 0 Å². The van der Waals surface area contributed by atoms with Crippen molar-refractivity contribution < 1.29 is 19.4 Å². The Morgan fingerprint density at radius 3 is 2.14 bits per heavy atom. The van der Waals surface area contributed by atoms with Crippen molar-refractivity contribution in [2.75, 3.05) is 0 Å². The second kappa shape index (κ2) is 6.70. The molecule has 0 amide bonds. The van der Waals surface area contributed by atoms with Crippen LogP contribution in [0.3, 0.4) is 0 Å². The number of rotatable bonds is 5. The van der Waals surface area contributed by atoms with Gasteiger partial charge in [0.05, 0.1) is 0 Å². The quantitative estimate of drug-likeness (QED) is 0.649. The third-order valence-corrected chi connectivity index (χ3v) is 3.19. The van der Waals surface area contributed by atoms with E-state index in [2.05, 4.69) is 0 Å². The molecule has 0 heterocycles. The molecule has 21 heavy (non-hydrogen) atoms. The summed E-state index contributed by atoms with van der Waals surface area (Å²) >= 11 is 0. The van der Waals surface area contributed by atoms with Crippen molar-refractivity contribution >= 4 is 11.5 Å². The maximum atomic E-state index is 12.9. The normalized spacial score (nSPS) is 11.9. The lowest BCUT2D eigenvalue weighted by Crippen LogP contribution is -2.04. The first-order chi connectivity index (χ1) is 10.1. The summed E-state index contributed by atoms with van der Waals surface area (Å²) in [7, 11) is 0. The molecule has 2 aromatic carbocycles. The minimum Gasteiger partial charge on any atom is -0.502 e. The van der Waals surface area contributed by atoms with Crippen molar-refractivity contribution in [3.63, 3.8) is 0 Å². The maximum Gasteiger partial charge on any atom is 0.371 e. The molecule has 0 bridgehead atoms. The number of benzene rings is 2. The van der Waals surface area contributed by atoms with Crippen molar-refractivity contribution in [1.82, 2.24) is 0 Å². The third kappa shape index (κ3) is 3.92. The second-order valence-corrected chi connectivity index (χ2v) is 4.62. The second-order valence-electron chi connectivity index (χ2n) is 4.62. The van der Waals surface area contributed by atoms with Crippen molar-refractivity contribution in [2.45, 2.75) is 12.8 Å². The van der Waals surface area contributed by atoms with Crippen molar-refractivity contribution in [2.24, 2.45) is 0 Å². The van der Waals surface area contributed by atoms with Gasteiger partial charge in [0.1, 0.15) is 5.82 Å². The Morgan fingerprint density at radius 2 is 1.57 bits per heavy atom. The van der Waals surface area contributed by atoms with Gasteiger partial charge in [0, 0.05) is 5.57 Å². The number of carboxylic acids is 1. The molecule has 4 heteroatoms. The smallest absolute Gasteiger partial charge is 0.371 e. The Morgan fingerprint density at radius 1 is 0.952 bits per heavy atom. The number of carboxylic acid groups (broad SMARTS) is 1. The SMILES string of the molecule is O=C(O)/C(O)=C(\CCc1ccc(F)cc1)c1ccccc1. The van der Waals surface area contributed by atoms with E-state index >= 15 is 0 Å². The molecule has 108 valence electrons. The molecular weight excluding hydrogens is 271 g/mol. The van der Waals surface area contributed by atoms with Gasteiger partial charge in [-0.1, -0.05) is 42.5 Å². The van der Waals surface area contributed by atoms with Gasteiger partial charge in [-0.05, 0) is 36.1 Å². The fourth-order valence-electron chi connectivity index (χ4n) is 2.09. The Balaban J connectivity index is 2.24. The van der Waals surface area contributed by atoms with Gasteiger partial charge in [0.2, 0.25) is 5.76 Å². The van der Waals surface area contributed by atoms with Gasteiger partial charge in [-0.15, -0.1) is 0 Å². The summed E-state index contributed by atoms with van der Waals surface area (Å²) < 4.78 is 12.9. The Bertz CT molecular complexity index is 645. The number of aliphatic hydroxyl groups is 1. The van der Waals surface area contributed by atoms with E-state index in [1.165, 1.54) is 12.1 Å². The van der Waals surface area contributed by atoms with Gasteiger partial charge < -0.3 is 10.2 Å². The minimum absolute atomic E-state index is 0.314. The lowest BCUT2D eigenvalue weighted by molar-refractivity contribution is -0.135. The summed E-state index contributed by atoms with van der Waals surface area (Å²) in [6.45, 7) is 0. The monoisotopic (exact) mass is 286 g/mol. The summed E-state index contributed by atoms with van der Waals surface area (Å²) in [6, 6.07) is 14.9. The fraction of sp³-hybridized carbons (Fsp3) is 0.118. The van der Waals surface area contributed by atoms with Crippen LogP contribution in [0.15, 0.2) is 60.4 Å². The largest absolute Gasteiger partial charge is 0.502 e. The highest BCUT2D eigenvalue weighted by molar-refractivity contribution is 5.93. The van der Waals surface area contributed by atoms with Gasteiger partial charge in [-0.3, -0.25) is 0 Å². The molecule has 0 aromatic heterocycles. The molecule has 0 radical (unpaired) electrons. The number of aryl methyl sites for hydroxylation is 1. The Kier molecular flexibility index (Phi) is 4.72. The number of allylic oxidation sites excluding steroid dienone is 1. The molecule has 3 nitrogen and oxygen atoms in total. The molecule has 0 aliphatic heterocycles. The van der Waals surface area contributed by atoms with Crippen LogP contribution in [0.1, 0.15) is 17.5 Å². The topological polar surface area (TPSA) is 57.5 Å². The number of aliphatic carboxylic acids is 1. The highest BCUT2D eigenvalue weighted by Crippen LogP contribution is 2.23. The van der Waals surface area contributed by atoms with E-state index in [0.29, 0.717) is 24.0 Å². The summed E-state index contributed by atoms with van der Waals surface area (Å²) in [4.78, 5) is 11.0. The van der Waals surface area contributed by atoms with E-state index in [1.54, 1.807) is 36.4 Å². The average Bonchev–Trinajstić information content (AvgIpc) is 2.50. The van der Waals surface area contributed by atoms with Crippen molar-refractivity contribution in [1.29, 1.82) is 0 Å². The summed E-state index contributed by atoms with van der Waals surface area (Å²) in [6.07, 6.45) is 0.871. The molecule has 0 spiro atoms. The van der Waals surface area contributed by atoms with Gasteiger partial charge in [-0.25, -0.2) is 9.18 Å². The Hall–Kier alpha value is -2.62. The van der Waals surface area contributed by atoms with Gasteiger partial charge in [0.25, 0.3) is 0 Å². The number of hydrogen-bond donors (Lipinski definition) is 2. The zero-order valence-corrected chi connectivity index (χ0v) is 11.3. The van der Waals surface area contributed by atoms with Crippen LogP contribution in [0.2, 0.25) is 0 Å². The molecule has 2 aromatic rings. The molecule has 0 atom stereocenters. The van der Waals surface area contributed by atoms with Crippen LogP contribution in [0.4, 0.5) is 4.39 Å². The summed E-state index contributed by atoms with van der Waals surface area (Å²) in [5, 5.41) is 18.8. The maximum absolute atomic E-state index is 12.9. The van der Waals surface area contributed by atoms with E-state index in [0.717, 1.165) is 5.56 Å². The highest BCUT2D eigenvalue weighted by atomic mass is 19.1. The van der Waals surface area contributed by atoms with Crippen LogP contribution in [0, 0.1) is 5.82 Å². The van der Waals surface area contributed by atoms with E-state index in [4.69, 9.17) is 5.11 Å². The lowest BCUT2D eigenvalue weighted by Gasteiger charge is -2.09. The molecule has 0 saturated heterocycles.